The van der Waals surface area contributed by atoms with Gasteiger partial charge in [-0.15, -0.1) is 0 Å². The van der Waals surface area contributed by atoms with Crippen molar-refractivity contribution in [1.82, 2.24) is 0 Å². The van der Waals surface area contributed by atoms with Gasteiger partial charge in [-0.05, 0) is 6.92 Å². The highest BCUT2D eigenvalue weighted by molar-refractivity contribution is 5.61. The molecule has 5 heteroatoms. The quantitative estimate of drug-likeness (QED) is 0.348. The number of rotatable bonds is 0. The van der Waals surface area contributed by atoms with Crippen molar-refractivity contribution in [3.8, 4) is 0 Å². The van der Waals surface area contributed by atoms with Crippen LogP contribution in [0.5, 0.6) is 0 Å². The molecule has 10 heavy (non-hydrogen) atoms. The number of cyclic esters (lactones) is 2. The van der Waals surface area contributed by atoms with Gasteiger partial charge in [0.2, 0.25) is 5.79 Å². The summed E-state index contributed by atoms with van der Waals surface area (Å²) < 4.78 is 8.54. The number of ether oxygens (including phenoxy) is 2. The summed E-state index contributed by atoms with van der Waals surface area (Å²) in [4.78, 5) is 10.3. The second-order valence-corrected chi connectivity index (χ2v) is 2.18. The monoisotopic (exact) mass is 148 g/mol. The van der Waals surface area contributed by atoms with Gasteiger partial charge in [0.1, 0.15) is 0 Å². The van der Waals surface area contributed by atoms with Gasteiger partial charge >= 0.3 is 6.16 Å². The third kappa shape index (κ3) is 1.19. The number of carbonyl (C=O) groups is 1. The molecule has 0 aromatic heterocycles. The van der Waals surface area contributed by atoms with Gasteiger partial charge in [-0.25, -0.2) is 4.79 Å². The van der Waals surface area contributed by atoms with Crippen molar-refractivity contribution in [1.29, 1.82) is 0 Å². The van der Waals surface area contributed by atoms with E-state index < -0.39 is 24.7 Å². The van der Waals surface area contributed by atoms with E-state index >= 15 is 0 Å². The smallest absolute Gasteiger partial charge is 0.428 e. The molecule has 0 aromatic carbocycles. The van der Waals surface area contributed by atoms with Crippen molar-refractivity contribution in [2.45, 2.75) is 18.8 Å². The van der Waals surface area contributed by atoms with E-state index in [0.717, 1.165) is 0 Å². The topological polar surface area (TPSA) is 76.0 Å². The third-order valence-electron chi connectivity index (χ3n) is 1.33. The van der Waals surface area contributed by atoms with E-state index in [0.29, 0.717) is 0 Å². The fraction of sp³-hybridized carbons (Fsp3) is 0.800. The van der Waals surface area contributed by atoms with E-state index in [1.165, 1.54) is 6.92 Å². The van der Waals surface area contributed by atoms with E-state index in [2.05, 4.69) is 9.47 Å². The maximum atomic E-state index is 10.3. The molecule has 0 bridgehead atoms. The van der Waals surface area contributed by atoms with Gasteiger partial charge < -0.3 is 19.7 Å². The molecule has 0 spiro atoms. The first-order valence-corrected chi connectivity index (χ1v) is 2.80. The van der Waals surface area contributed by atoms with Crippen molar-refractivity contribution in [3.05, 3.63) is 0 Å². The van der Waals surface area contributed by atoms with E-state index in [1.807, 2.05) is 0 Å². The molecule has 58 valence electrons. The summed E-state index contributed by atoms with van der Waals surface area (Å²) in [5, 5.41) is 17.8. The molecule has 1 aliphatic rings. The predicted molar refractivity (Wildman–Crippen MR) is 29.1 cm³/mol. The Labute approximate surface area is 57.2 Å². The fourth-order valence-electron chi connectivity index (χ4n) is 0.555. The van der Waals surface area contributed by atoms with Crippen LogP contribution in [-0.2, 0) is 9.47 Å². The maximum absolute atomic E-state index is 10.3. The second kappa shape index (κ2) is 2.10. The van der Waals surface area contributed by atoms with Crippen LogP contribution < -0.4 is 0 Å². The molecule has 1 unspecified atom stereocenters. The van der Waals surface area contributed by atoms with Gasteiger partial charge in [0, 0.05) is 0 Å². The summed E-state index contributed by atoms with van der Waals surface area (Å²) >= 11 is 0. The number of carbonyl (C=O) groups excluding carboxylic acids is 1. The maximum Gasteiger partial charge on any atom is 0.508 e. The molecule has 0 saturated carbocycles. The minimum atomic E-state index is -2.05. The lowest BCUT2D eigenvalue weighted by Gasteiger charge is -2.31. The van der Waals surface area contributed by atoms with Crippen molar-refractivity contribution < 1.29 is 24.5 Å². The largest absolute Gasteiger partial charge is 0.508 e. The van der Waals surface area contributed by atoms with Crippen LogP contribution >= 0.6 is 0 Å². The summed E-state index contributed by atoms with van der Waals surface area (Å²) in [6.07, 6.45) is -1.81. The Morgan fingerprint density at radius 1 is 1.70 bits per heavy atom. The minimum Gasteiger partial charge on any atom is -0.428 e. The van der Waals surface area contributed by atoms with Crippen LogP contribution in [-0.4, -0.2) is 34.9 Å². The van der Waals surface area contributed by atoms with E-state index in [4.69, 9.17) is 10.2 Å². The van der Waals surface area contributed by atoms with Crippen molar-refractivity contribution in [3.63, 3.8) is 0 Å². The third-order valence-corrected chi connectivity index (χ3v) is 1.33. The van der Waals surface area contributed by atoms with Crippen LogP contribution in [0.15, 0.2) is 0 Å². The van der Waals surface area contributed by atoms with E-state index in [1.54, 1.807) is 0 Å². The average Bonchev–Trinajstić information content (AvgIpc) is 1.81. The SMILES string of the molecule is CC1OC(=O)OCC1(O)O. The summed E-state index contributed by atoms with van der Waals surface area (Å²) in [6, 6.07) is 0. The Bertz CT molecular complexity index is 152. The first-order valence-electron chi connectivity index (χ1n) is 2.80. The fourth-order valence-corrected chi connectivity index (χ4v) is 0.555. The highest BCUT2D eigenvalue weighted by Crippen LogP contribution is 2.16. The van der Waals surface area contributed by atoms with Gasteiger partial charge in [0.25, 0.3) is 0 Å². The zero-order chi connectivity index (χ0) is 7.78. The first-order chi connectivity index (χ1) is 4.52. The normalized spacial score (nSPS) is 30.7. The molecule has 1 saturated heterocycles. The molecule has 1 aliphatic heterocycles. The van der Waals surface area contributed by atoms with Crippen LogP contribution in [0.2, 0.25) is 0 Å². The van der Waals surface area contributed by atoms with Crippen molar-refractivity contribution in [2.75, 3.05) is 6.61 Å². The van der Waals surface area contributed by atoms with E-state index in [-0.39, 0.29) is 0 Å². The molecule has 0 radical (unpaired) electrons. The molecule has 0 amide bonds. The molecule has 1 heterocycles. The van der Waals surface area contributed by atoms with Crippen molar-refractivity contribution >= 4 is 6.16 Å². The Morgan fingerprint density at radius 3 is 2.70 bits per heavy atom. The van der Waals surface area contributed by atoms with Gasteiger partial charge in [-0.1, -0.05) is 0 Å². The Kier molecular flexibility index (Phi) is 1.53. The molecular formula is C5H8O5. The van der Waals surface area contributed by atoms with Gasteiger partial charge in [-0.3, -0.25) is 0 Å². The molecule has 1 atom stereocenters. The molecule has 0 aromatic rings. The number of hydrogen-bond acceptors (Lipinski definition) is 5. The number of aliphatic hydroxyl groups is 2. The Balaban J connectivity index is 2.60. The summed E-state index contributed by atoms with van der Waals surface area (Å²) in [6.45, 7) is 0.938. The summed E-state index contributed by atoms with van der Waals surface area (Å²) in [7, 11) is 0. The Hall–Kier alpha value is -0.810. The molecule has 1 rings (SSSR count). The van der Waals surface area contributed by atoms with Crippen LogP contribution in [0.25, 0.3) is 0 Å². The minimum absolute atomic E-state index is 0.438. The second-order valence-electron chi connectivity index (χ2n) is 2.18. The van der Waals surface area contributed by atoms with E-state index in [9.17, 15) is 4.79 Å². The standard InChI is InChI=1S/C5H8O5/c1-3-5(7,8)2-9-4(6)10-3/h3,7-8H,2H2,1H3. The number of hydrogen-bond donors (Lipinski definition) is 2. The van der Waals surface area contributed by atoms with Crippen LogP contribution in [0, 0.1) is 0 Å². The van der Waals surface area contributed by atoms with Gasteiger partial charge in [-0.2, -0.15) is 0 Å². The lowest BCUT2D eigenvalue weighted by Crippen LogP contribution is -2.51. The van der Waals surface area contributed by atoms with Gasteiger partial charge in [0.15, 0.2) is 12.7 Å². The molecule has 0 aliphatic carbocycles. The lowest BCUT2D eigenvalue weighted by atomic mass is 10.2. The van der Waals surface area contributed by atoms with Crippen LogP contribution in [0.4, 0.5) is 4.79 Å². The predicted octanol–water partition coefficient (Wildman–Crippen LogP) is -0.777. The molecule has 2 N–H and O–H groups in total. The summed E-state index contributed by atoms with van der Waals surface area (Å²) in [5.74, 6) is -2.05. The molecule has 1 fully saturated rings. The lowest BCUT2D eigenvalue weighted by molar-refractivity contribution is -0.267. The highest BCUT2D eigenvalue weighted by Gasteiger charge is 2.40. The van der Waals surface area contributed by atoms with Crippen molar-refractivity contribution in [2.24, 2.45) is 0 Å². The summed E-state index contributed by atoms with van der Waals surface area (Å²) in [5.41, 5.74) is 0. The van der Waals surface area contributed by atoms with Gasteiger partial charge in [0.05, 0.1) is 0 Å². The zero-order valence-electron chi connectivity index (χ0n) is 5.40. The Morgan fingerprint density at radius 2 is 2.30 bits per heavy atom. The van der Waals surface area contributed by atoms with Crippen LogP contribution in [0.3, 0.4) is 0 Å². The first kappa shape index (κ1) is 7.30. The molecule has 5 nitrogen and oxygen atoms in total. The van der Waals surface area contributed by atoms with Crippen LogP contribution in [0.1, 0.15) is 6.92 Å². The highest BCUT2D eigenvalue weighted by atomic mass is 16.8. The zero-order valence-corrected chi connectivity index (χ0v) is 5.40. The average molecular weight is 148 g/mol. The molecular weight excluding hydrogens is 140 g/mol.